The van der Waals surface area contributed by atoms with Crippen LogP contribution in [0.4, 0.5) is 0 Å². The lowest BCUT2D eigenvalue weighted by atomic mass is 9.98. The molecular weight excluding hydrogens is 290 g/mol. The smallest absolute Gasteiger partial charge is 0.120 e. The molecule has 18 heavy (non-hydrogen) atoms. The molecule has 100 valence electrons. The van der Waals surface area contributed by atoms with E-state index < -0.39 is 0 Å². The van der Waals surface area contributed by atoms with E-state index in [1.807, 2.05) is 12.1 Å². The van der Waals surface area contributed by atoms with Crippen LogP contribution >= 0.6 is 15.9 Å². The van der Waals surface area contributed by atoms with Gasteiger partial charge in [0, 0.05) is 22.1 Å². The third-order valence-corrected chi connectivity index (χ3v) is 4.54. The van der Waals surface area contributed by atoms with Crippen molar-refractivity contribution in [2.24, 2.45) is 5.92 Å². The van der Waals surface area contributed by atoms with Gasteiger partial charge >= 0.3 is 0 Å². The highest BCUT2D eigenvalue weighted by Gasteiger charge is 2.31. The molecule has 0 aromatic heterocycles. The van der Waals surface area contributed by atoms with Crippen LogP contribution in [0, 0.1) is 5.92 Å². The second-order valence-corrected chi connectivity index (χ2v) is 6.49. The van der Waals surface area contributed by atoms with Gasteiger partial charge in [-0.3, -0.25) is 4.90 Å². The summed E-state index contributed by atoms with van der Waals surface area (Å²) in [7, 11) is 0. The maximum atomic E-state index is 10.0. The molecule has 2 atom stereocenters. The standard InChI is InChI=1S/C15H22BrNO/c1-10(2)14-5-4-8-17(14)11(3)13-9-12(16)6-7-15(13)18/h6-7,9-11,14,18H,4-5,8H2,1-3H3. The number of halogens is 1. The van der Waals surface area contributed by atoms with Crippen LogP contribution < -0.4 is 0 Å². The van der Waals surface area contributed by atoms with Crippen molar-refractivity contribution in [2.75, 3.05) is 6.54 Å². The zero-order chi connectivity index (χ0) is 13.3. The molecule has 1 fully saturated rings. The van der Waals surface area contributed by atoms with Crippen LogP contribution in [0.2, 0.25) is 0 Å². The molecule has 1 N–H and O–H groups in total. The van der Waals surface area contributed by atoms with Crippen LogP contribution in [0.5, 0.6) is 5.75 Å². The fourth-order valence-electron chi connectivity index (χ4n) is 3.05. The molecular formula is C15H22BrNO. The summed E-state index contributed by atoms with van der Waals surface area (Å²) >= 11 is 3.49. The molecule has 0 saturated carbocycles. The molecule has 0 amide bonds. The summed E-state index contributed by atoms with van der Waals surface area (Å²) < 4.78 is 1.03. The quantitative estimate of drug-likeness (QED) is 0.897. The lowest BCUT2D eigenvalue weighted by Crippen LogP contribution is -2.35. The number of rotatable bonds is 3. The Hall–Kier alpha value is -0.540. The Morgan fingerprint density at radius 3 is 2.72 bits per heavy atom. The van der Waals surface area contributed by atoms with E-state index in [2.05, 4.69) is 41.6 Å². The number of likely N-dealkylation sites (tertiary alicyclic amines) is 1. The molecule has 0 bridgehead atoms. The van der Waals surface area contributed by atoms with Crippen molar-refractivity contribution in [1.82, 2.24) is 4.90 Å². The first kappa shape index (κ1) is 13.9. The Bertz CT molecular complexity index is 419. The Labute approximate surface area is 118 Å². The monoisotopic (exact) mass is 311 g/mol. The Morgan fingerprint density at radius 2 is 2.06 bits per heavy atom. The van der Waals surface area contributed by atoms with E-state index in [4.69, 9.17) is 0 Å². The van der Waals surface area contributed by atoms with Crippen molar-refractivity contribution in [1.29, 1.82) is 0 Å². The van der Waals surface area contributed by atoms with Gasteiger partial charge in [-0.1, -0.05) is 29.8 Å². The molecule has 2 nitrogen and oxygen atoms in total. The zero-order valence-corrected chi connectivity index (χ0v) is 12.9. The molecule has 1 aliphatic rings. The van der Waals surface area contributed by atoms with E-state index >= 15 is 0 Å². The van der Waals surface area contributed by atoms with Crippen LogP contribution in [0.1, 0.15) is 45.2 Å². The van der Waals surface area contributed by atoms with E-state index in [0.29, 0.717) is 17.7 Å². The van der Waals surface area contributed by atoms with Gasteiger partial charge in [-0.2, -0.15) is 0 Å². The van der Waals surface area contributed by atoms with Crippen LogP contribution in [0.3, 0.4) is 0 Å². The normalized spacial score (nSPS) is 22.6. The number of nitrogens with zero attached hydrogens (tertiary/aromatic N) is 1. The summed E-state index contributed by atoms with van der Waals surface area (Å²) in [5.74, 6) is 1.07. The number of phenols is 1. The largest absolute Gasteiger partial charge is 0.508 e. The van der Waals surface area contributed by atoms with Crippen molar-refractivity contribution in [3.05, 3.63) is 28.2 Å². The fourth-order valence-corrected chi connectivity index (χ4v) is 3.43. The summed E-state index contributed by atoms with van der Waals surface area (Å²) in [4.78, 5) is 2.53. The summed E-state index contributed by atoms with van der Waals surface area (Å²) in [6.45, 7) is 7.91. The second kappa shape index (κ2) is 5.62. The summed E-state index contributed by atoms with van der Waals surface area (Å²) in [6, 6.07) is 6.61. The maximum absolute atomic E-state index is 10.0. The minimum absolute atomic E-state index is 0.275. The van der Waals surface area contributed by atoms with Gasteiger partial charge in [0.25, 0.3) is 0 Å². The molecule has 2 unspecified atom stereocenters. The summed E-state index contributed by atoms with van der Waals surface area (Å²) in [5.41, 5.74) is 1.02. The number of hydrogen-bond acceptors (Lipinski definition) is 2. The van der Waals surface area contributed by atoms with Crippen molar-refractivity contribution in [3.63, 3.8) is 0 Å². The molecule has 2 rings (SSSR count). The SMILES string of the molecule is CC(C)C1CCCN1C(C)c1cc(Br)ccc1O. The van der Waals surface area contributed by atoms with Crippen molar-refractivity contribution in [2.45, 2.75) is 45.7 Å². The number of phenolic OH excluding ortho intramolecular Hbond substituents is 1. The molecule has 3 heteroatoms. The zero-order valence-electron chi connectivity index (χ0n) is 11.4. The Morgan fingerprint density at radius 1 is 1.33 bits per heavy atom. The van der Waals surface area contributed by atoms with Crippen LogP contribution in [-0.2, 0) is 0 Å². The van der Waals surface area contributed by atoms with E-state index in [-0.39, 0.29) is 6.04 Å². The van der Waals surface area contributed by atoms with Gasteiger partial charge in [0.05, 0.1) is 0 Å². The fraction of sp³-hybridized carbons (Fsp3) is 0.600. The first-order valence-electron chi connectivity index (χ1n) is 6.75. The number of aromatic hydroxyl groups is 1. The van der Waals surface area contributed by atoms with Crippen LogP contribution in [-0.4, -0.2) is 22.6 Å². The third kappa shape index (κ3) is 2.72. The highest BCUT2D eigenvalue weighted by atomic mass is 79.9. The van der Waals surface area contributed by atoms with E-state index in [1.165, 1.54) is 12.8 Å². The maximum Gasteiger partial charge on any atom is 0.120 e. The first-order chi connectivity index (χ1) is 8.50. The first-order valence-corrected chi connectivity index (χ1v) is 7.54. The van der Waals surface area contributed by atoms with Gasteiger partial charge < -0.3 is 5.11 Å². The van der Waals surface area contributed by atoms with Gasteiger partial charge in [-0.15, -0.1) is 0 Å². The highest BCUT2D eigenvalue weighted by molar-refractivity contribution is 9.10. The Kier molecular flexibility index (Phi) is 4.33. The van der Waals surface area contributed by atoms with Gasteiger partial charge in [0.15, 0.2) is 0 Å². The predicted molar refractivity (Wildman–Crippen MR) is 78.8 cm³/mol. The summed E-state index contributed by atoms with van der Waals surface area (Å²) in [5, 5.41) is 10.0. The van der Waals surface area contributed by atoms with Crippen LogP contribution in [0.25, 0.3) is 0 Å². The van der Waals surface area contributed by atoms with Crippen molar-refractivity contribution in [3.8, 4) is 5.75 Å². The minimum Gasteiger partial charge on any atom is -0.508 e. The highest BCUT2D eigenvalue weighted by Crippen LogP contribution is 2.36. The van der Waals surface area contributed by atoms with E-state index in [0.717, 1.165) is 16.6 Å². The lowest BCUT2D eigenvalue weighted by Gasteiger charge is -2.33. The predicted octanol–water partition coefficient (Wildman–Crippen LogP) is 4.34. The average molecular weight is 312 g/mol. The molecule has 0 aliphatic carbocycles. The average Bonchev–Trinajstić information content (AvgIpc) is 2.80. The van der Waals surface area contributed by atoms with Gasteiger partial charge in [0.2, 0.25) is 0 Å². The number of benzene rings is 1. The Balaban J connectivity index is 2.25. The lowest BCUT2D eigenvalue weighted by molar-refractivity contribution is 0.154. The topological polar surface area (TPSA) is 23.5 Å². The molecule has 1 aromatic carbocycles. The van der Waals surface area contributed by atoms with Crippen molar-refractivity contribution < 1.29 is 5.11 Å². The molecule has 1 aliphatic heterocycles. The van der Waals surface area contributed by atoms with Crippen LogP contribution in [0.15, 0.2) is 22.7 Å². The molecule has 1 saturated heterocycles. The third-order valence-electron chi connectivity index (χ3n) is 4.05. The van der Waals surface area contributed by atoms with E-state index in [1.54, 1.807) is 6.07 Å². The molecule has 0 spiro atoms. The van der Waals surface area contributed by atoms with Gasteiger partial charge in [-0.25, -0.2) is 0 Å². The molecule has 1 aromatic rings. The van der Waals surface area contributed by atoms with E-state index in [9.17, 15) is 5.11 Å². The molecule has 0 radical (unpaired) electrons. The minimum atomic E-state index is 0.275. The van der Waals surface area contributed by atoms with Gasteiger partial charge in [-0.05, 0) is 50.4 Å². The van der Waals surface area contributed by atoms with Gasteiger partial charge in [0.1, 0.15) is 5.75 Å². The van der Waals surface area contributed by atoms with Crippen molar-refractivity contribution >= 4 is 15.9 Å². The summed E-state index contributed by atoms with van der Waals surface area (Å²) in [6.07, 6.45) is 2.54. The molecule has 1 heterocycles. The number of hydrogen-bond donors (Lipinski definition) is 1. The second-order valence-electron chi connectivity index (χ2n) is 5.57.